The van der Waals surface area contributed by atoms with Crippen LogP contribution in [0.5, 0.6) is 0 Å². The van der Waals surface area contributed by atoms with Crippen molar-refractivity contribution >= 4 is 11.7 Å². The molecular weight excluding hydrogens is 264 g/mol. The van der Waals surface area contributed by atoms with Crippen molar-refractivity contribution < 1.29 is 9.53 Å². The molecule has 3 rings (SSSR count). The maximum atomic E-state index is 11.9. The van der Waals surface area contributed by atoms with Crippen LogP contribution in [0.15, 0.2) is 17.2 Å². The molecule has 0 saturated carbocycles. The maximum absolute atomic E-state index is 11.9. The lowest BCUT2D eigenvalue weighted by atomic mass is 10.4. The lowest BCUT2D eigenvalue weighted by Gasteiger charge is -2.26. The molecule has 0 radical (unpaired) electrons. The summed E-state index contributed by atoms with van der Waals surface area (Å²) >= 11 is 0. The first-order valence-electron chi connectivity index (χ1n) is 6.27. The fourth-order valence-electron chi connectivity index (χ4n) is 2.04. The van der Waals surface area contributed by atoms with Crippen LogP contribution in [0.3, 0.4) is 0 Å². The number of morpholine rings is 1. The highest BCUT2D eigenvalue weighted by atomic mass is 16.5. The van der Waals surface area contributed by atoms with Gasteiger partial charge in [0.15, 0.2) is 5.82 Å². The van der Waals surface area contributed by atoms with Crippen LogP contribution in [-0.4, -0.2) is 56.8 Å². The highest BCUT2D eigenvalue weighted by Gasteiger charge is 2.17. The van der Waals surface area contributed by atoms with Gasteiger partial charge in [-0.1, -0.05) is 0 Å². The molecule has 1 saturated heterocycles. The van der Waals surface area contributed by atoms with Gasteiger partial charge >= 0.3 is 6.03 Å². The molecule has 1 aliphatic heterocycles. The van der Waals surface area contributed by atoms with Gasteiger partial charge in [-0.3, -0.25) is 9.20 Å². The molecule has 1 fully saturated rings. The lowest BCUT2D eigenvalue weighted by Crippen LogP contribution is -2.46. The molecule has 3 heterocycles. The van der Waals surface area contributed by atoms with E-state index in [0.29, 0.717) is 32.1 Å². The Labute approximate surface area is 113 Å². The third-order valence-corrected chi connectivity index (χ3v) is 3.10. The SMILES string of the molecule is O=C(NCc1nnc2c(=O)[nH]ccn12)N1CCOCC1. The van der Waals surface area contributed by atoms with Crippen molar-refractivity contribution in [3.05, 3.63) is 28.6 Å². The molecule has 2 amide bonds. The van der Waals surface area contributed by atoms with Crippen LogP contribution in [0.4, 0.5) is 4.79 Å². The number of ether oxygens (including phenoxy) is 1. The highest BCUT2D eigenvalue weighted by molar-refractivity contribution is 5.74. The largest absolute Gasteiger partial charge is 0.378 e. The predicted molar refractivity (Wildman–Crippen MR) is 68.2 cm³/mol. The van der Waals surface area contributed by atoms with Crippen molar-refractivity contribution in [1.29, 1.82) is 0 Å². The molecule has 20 heavy (non-hydrogen) atoms. The van der Waals surface area contributed by atoms with Crippen LogP contribution in [0.1, 0.15) is 5.82 Å². The number of hydrogen-bond donors (Lipinski definition) is 2. The zero-order valence-corrected chi connectivity index (χ0v) is 10.7. The molecule has 2 aromatic heterocycles. The summed E-state index contributed by atoms with van der Waals surface area (Å²) in [5, 5.41) is 10.5. The average molecular weight is 278 g/mol. The van der Waals surface area contributed by atoms with Crippen LogP contribution >= 0.6 is 0 Å². The summed E-state index contributed by atoms with van der Waals surface area (Å²) in [4.78, 5) is 27.6. The monoisotopic (exact) mass is 278 g/mol. The first kappa shape index (κ1) is 12.6. The number of nitrogens with one attached hydrogen (secondary N) is 2. The average Bonchev–Trinajstić information content (AvgIpc) is 2.90. The topological polar surface area (TPSA) is 105 Å². The second-order valence-electron chi connectivity index (χ2n) is 4.36. The number of amides is 2. The summed E-state index contributed by atoms with van der Waals surface area (Å²) < 4.78 is 6.74. The summed E-state index contributed by atoms with van der Waals surface area (Å²) in [6.07, 6.45) is 3.15. The minimum atomic E-state index is -0.314. The Morgan fingerprint density at radius 2 is 2.20 bits per heavy atom. The van der Waals surface area contributed by atoms with Gasteiger partial charge in [0, 0.05) is 25.5 Å². The first-order valence-corrected chi connectivity index (χ1v) is 6.27. The van der Waals surface area contributed by atoms with Crippen molar-refractivity contribution in [3.63, 3.8) is 0 Å². The highest BCUT2D eigenvalue weighted by Crippen LogP contribution is 2.00. The van der Waals surface area contributed by atoms with Crippen LogP contribution in [0, 0.1) is 0 Å². The van der Waals surface area contributed by atoms with Gasteiger partial charge in [0.1, 0.15) is 0 Å². The van der Waals surface area contributed by atoms with Gasteiger partial charge in [-0.15, -0.1) is 10.2 Å². The number of hydrogen-bond acceptors (Lipinski definition) is 5. The van der Waals surface area contributed by atoms with Crippen molar-refractivity contribution in [3.8, 4) is 0 Å². The van der Waals surface area contributed by atoms with E-state index >= 15 is 0 Å². The van der Waals surface area contributed by atoms with E-state index < -0.39 is 0 Å². The normalized spacial score (nSPS) is 15.5. The van der Waals surface area contributed by atoms with E-state index in [1.165, 1.54) is 6.20 Å². The van der Waals surface area contributed by atoms with E-state index in [9.17, 15) is 9.59 Å². The molecule has 2 N–H and O–H groups in total. The number of H-pyrrole nitrogens is 1. The Morgan fingerprint density at radius 3 is 3.00 bits per heavy atom. The molecule has 1 aliphatic rings. The molecule has 0 aliphatic carbocycles. The van der Waals surface area contributed by atoms with Gasteiger partial charge in [-0.25, -0.2) is 4.79 Å². The third-order valence-electron chi connectivity index (χ3n) is 3.10. The zero-order valence-electron chi connectivity index (χ0n) is 10.7. The van der Waals surface area contributed by atoms with Crippen molar-refractivity contribution in [2.45, 2.75) is 6.54 Å². The smallest absolute Gasteiger partial charge is 0.317 e. The minimum absolute atomic E-state index is 0.171. The molecule has 0 atom stereocenters. The third kappa shape index (κ3) is 2.35. The predicted octanol–water partition coefficient (Wildman–Crippen LogP) is -1.04. The Balaban J connectivity index is 1.69. The van der Waals surface area contributed by atoms with Crippen LogP contribution < -0.4 is 10.9 Å². The van der Waals surface area contributed by atoms with Crippen LogP contribution in [0.25, 0.3) is 5.65 Å². The van der Waals surface area contributed by atoms with Crippen molar-refractivity contribution in [2.24, 2.45) is 0 Å². The second-order valence-corrected chi connectivity index (χ2v) is 4.36. The standard InChI is InChI=1S/C11H14N6O3/c18-10-9-15-14-8(17(9)2-1-12-10)7-13-11(19)16-3-5-20-6-4-16/h1-2H,3-7H2,(H,12,18)(H,13,19). The Kier molecular flexibility index (Phi) is 3.33. The van der Waals surface area contributed by atoms with E-state index in [1.54, 1.807) is 15.5 Å². The number of rotatable bonds is 2. The molecular formula is C11H14N6O3. The number of carbonyl (C=O) groups excluding carboxylic acids is 1. The molecule has 0 bridgehead atoms. The van der Waals surface area contributed by atoms with Gasteiger partial charge in [-0.05, 0) is 0 Å². The quantitative estimate of drug-likeness (QED) is 0.730. The van der Waals surface area contributed by atoms with E-state index in [2.05, 4.69) is 20.5 Å². The number of nitrogens with zero attached hydrogens (tertiary/aromatic N) is 4. The lowest BCUT2D eigenvalue weighted by molar-refractivity contribution is 0.0531. The summed E-state index contributed by atoms with van der Waals surface area (Å²) in [6, 6.07) is -0.171. The first-order chi connectivity index (χ1) is 9.75. The summed E-state index contributed by atoms with van der Waals surface area (Å²) in [5.41, 5.74) is -0.103. The Morgan fingerprint density at radius 1 is 1.40 bits per heavy atom. The zero-order chi connectivity index (χ0) is 13.9. The fraction of sp³-hybridized carbons (Fsp3) is 0.455. The molecule has 0 aromatic carbocycles. The Bertz CT molecular complexity index is 672. The van der Waals surface area contributed by atoms with Gasteiger partial charge in [0.2, 0.25) is 5.65 Å². The van der Waals surface area contributed by atoms with Gasteiger partial charge in [0.05, 0.1) is 19.8 Å². The van der Waals surface area contributed by atoms with Gasteiger partial charge < -0.3 is 19.9 Å². The van der Waals surface area contributed by atoms with Crippen LogP contribution in [-0.2, 0) is 11.3 Å². The van der Waals surface area contributed by atoms with E-state index in [0.717, 1.165) is 0 Å². The Hall–Kier alpha value is -2.42. The molecule has 2 aromatic rings. The summed E-state index contributed by atoms with van der Waals surface area (Å²) in [6.45, 7) is 2.46. The van der Waals surface area contributed by atoms with E-state index in [4.69, 9.17) is 4.74 Å². The second kappa shape index (κ2) is 5.29. The summed E-state index contributed by atoms with van der Waals surface area (Å²) in [7, 11) is 0. The molecule has 0 unspecified atom stereocenters. The number of fused-ring (bicyclic) bond motifs is 1. The minimum Gasteiger partial charge on any atom is -0.378 e. The summed E-state index contributed by atoms with van der Waals surface area (Å²) in [5.74, 6) is 0.507. The van der Waals surface area contributed by atoms with Crippen molar-refractivity contribution in [1.82, 2.24) is 29.8 Å². The number of carbonyl (C=O) groups is 1. The number of aromatic amines is 1. The molecule has 0 spiro atoms. The van der Waals surface area contributed by atoms with Gasteiger partial charge in [0.25, 0.3) is 5.56 Å². The van der Waals surface area contributed by atoms with E-state index in [1.807, 2.05) is 0 Å². The fourth-order valence-corrected chi connectivity index (χ4v) is 2.04. The maximum Gasteiger partial charge on any atom is 0.317 e. The molecule has 9 heteroatoms. The molecule has 106 valence electrons. The van der Waals surface area contributed by atoms with Crippen LogP contribution in [0.2, 0.25) is 0 Å². The van der Waals surface area contributed by atoms with E-state index in [-0.39, 0.29) is 23.8 Å². The number of aromatic nitrogens is 4. The van der Waals surface area contributed by atoms with Gasteiger partial charge in [-0.2, -0.15) is 0 Å². The molecule has 9 nitrogen and oxygen atoms in total. The van der Waals surface area contributed by atoms with Crippen molar-refractivity contribution in [2.75, 3.05) is 26.3 Å². The number of urea groups is 1.